The Morgan fingerprint density at radius 3 is 2.11 bits per heavy atom. The Kier molecular flexibility index (Phi) is 6.34. The van der Waals surface area contributed by atoms with Crippen LogP contribution >= 0.6 is 0 Å². The van der Waals surface area contributed by atoms with Crippen LogP contribution in [0.15, 0.2) is 0 Å². The molecule has 1 nitrogen and oxygen atoms in total. The molecule has 1 atom stereocenters. The molecule has 1 saturated heterocycles. The van der Waals surface area contributed by atoms with Gasteiger partial charge in [-0.3, -0.25) is 0 Å². The van der Waals surface area contributed by atoms with Gasteiger partial charge in [-0.1, -0.05) is 64.1 Å². The standard InChI is InChI=1S/C16H36OSi2/c1-7-8-9-10-11-12-14-19(6)15-13-16(2,3)17-18(19,4)5/h7-15H2,1-6H3. The maximum absolute atomic E-state index is 6.57. The van der Waals surface area contributed by atoms with E-state index >= 15 is 0 Å². The lowest BCUT2D eigenvalue weighted by Gasteiger charge is -2.51. The Morgan fingerprint density at radius 2 is 1.53 bits per heavy atom. The van der Waals surface area contributed by atoms with Gasteiger partial charge in [0.05, 0.1) is 13.2 Å². The highest BCUT2D eigenvalue weighted by molar-refractivity contribution is 7.38. The van der Waals surface area contributed by atoms with Crippen LogP contribution in [0, 0.1) is 0 Å². The largest absolute Gasteiger partial charge is 0.415 e. The van der Waals surface area contributed by atoms with Crippen LogP contribution in [0.4, 0.5) is 0 Å². The maximum Gasteiger partial charge on any atom is 0.174 e. The van der Waals surface area contributed by atoms with E-state index in [4.69, 9.17) is 4.43 Å². The molecule has 0 N–H and O–H groups in total. The minimum atomic E-state index is -1.42. The zero-order valence-corrected chi connectivity index (χ0v) is 16.3. The molecule has 0 amide bonds. The second kappa shape index (κ2) is 6.90. The van der Waals surface area contributed by atoms with Crippen molar-refractivity contribution in [3.05, 3.63) is 0 Å². The molecule has 0 aromatic rings. The predicted molar refractivity (Wildman–Crippen MR) is 91.9 cm³/mol. The van der Waals surface area contributed by atoms with E-state index in [1.807, 2.05) is 0 Å². The molecule has 0 aliphatic carbocycles. The van der Waals surface area contributed by atoms with Gasteiger partial charge in [-0.25, -0.2) is 0 Å². The first-order valence-electron chi connectivity index (χ1n) is 8.43. The average Bonchev–Trinajstić information content (AvgIpc) is 2.28. The number of hydrogen-bond donors (Lipinski definition) is 0. The van der Waals surface area contributed by atoms with Crippen LogP contribution < -0.4 is 0 Å². The van der Waals surface area contributed by atoms with Crippen molar-refractivity contribution in [2.45, 2.75) is 103 Å². The summed E-state index contributed by atoms with van der Waals surface area (Å²) in [5.74, 6) is 0. The summed E-state index contributed by atoms with van der Waals surface area (Å²) in [5, 5.41) is 0. The van der Waals surface area contributed by atoms with Crippen molar-refractivity contribution >= 4 is 15.4 Å². The smallest absolute Gasteiger partial charge is 0.174 e. The van der Waals surface area contributed by atoms with Gasteiger partial charge in [0.2, 0.25) is 0 Å². The molecule has 1 heterocycles. The fourth-order valence-electron chi connectivity index (χ4n) is 3.46. The molecule has 3 heteroatoms. The van der Waals surface area contributed by atoms with Gasteiger partial charge >= 0.3 is 0 Å². The topological polar surface area (TPSA) is 9.23 Å². The fourth-order valence-corrected chi connectivity index (χ4v) is 14.9. The Morgan fingerprint density at radius 1 is 0.947 bits per heavy atom. The summed E-state index contributed by atoms with van der Waals surface area (Å²) in [4.78, 5) is 0. The Bertz CT molecular complexity index is 276. The fraction of sp³-hybridized carbons (Fsp3) is 1.00. The van der Waals surface area contributed by atoms with E-state index in [2.05, 4.69) is 40.4 Å². The van der Waals surface area contributed by atoms with Crippen molar-refractivity contribution in [1.82, 2.24) is 0 Å². The third-order valence-corrected chi connectivity index (χ3v) is 22.7. The summed E-state index contributed by atoms with van der Waals surface area (Å²) in [6, 6.07) is 3.03. The van der Waals surface area contributed by atoms with Crippen molar-refractivity contribution in [1.29, 1.82) is 0 Å². The summed E-state index contributed by atoms with van der Waals surface area (Å²) in [7, 11) is -2.52. The van der Waals surface area contributed by atoms with E-state index in [9.17, 15) is 0 Å². The highest BCUT2D eigenvalue weighted by Crippen LogP contribution is 2.41. The minimum Gasteiger partial charge on any atom is -0.415 e. The van der Waals surface area contributed by atoms with Crippen molar-refractivity contribution in [2.24, 2.45) is 0 Å². The lowest BCUT2D eigenvalue weighted by molar-refractivity contribution is 0.0930. The summed E-state index contributed by atoms with van der Waals surface area (Å²) >= 11 is 0. The van der Waals surface area contributed by atoms with Crippen LogP contribution in [0.25, 0.3) is 0 Å². The lowest BCUT2D eigenvalue weighted by Crippen LogP contribution is -2.65. The summed E-state index contributed by atoms with van der Waals surface area (Å²) in [6.07, 6.45) is 9.89. The second-order valence-electron chi connectivity index (χ2n) is 7.95. The Balaban J connectivity index is 2.39. The quantitative estimate of drug-likeness (QED) is 0.419. The van der Waals surface area contributed by atoms with E-state index in [1.54, 1.807) is 0 Å². The Hall–Kier alpha value is 0.394. The highest BCUT2D eigenvalue weighted by Gasteiger charge is 2.52. The predicted octanol–water partition coefficient (Wildman–Crippen LogP) is 5.91. The summed E-state index contributed by atoms with van der Waals surface area (Å²) < 4.78 is 6.57. The van der Waals surface area contributed by atoms with Gasteiger partial charge in [0.1, 0.15) is 0 Å². The zero-order chi connectivity index (χ0) is 14.6. The van der Waals surface area contributed by atoms with Crippen LogP contribution in [-0.2, 0) is 4.43 Å². The van der Waals surface area contributed by atoms with Crippen LogP contribution in [0.2, 0.25) is 31.7 Å². The third kappa shape index (κ3) is 5.02. The van der Waals surface area contributed by atoms with Crippen LogP contribution in [0.5, 0.6) is 0 Å². The van der Waals surface area contributed by atoms with E-state index in [1.165, 1.54) is 57.0 Å². The first kappa shape index (κ1) is 17.4. The second-order valence-corrected chi connectivity index (χ2v) is 22.5. The van der Waals surface area contributed by atoms with Crippen molar-refractivity contribution in [3.63, 3.8) is 0 Å². The third-order valence-electron chi connectivity index (χ3n) is 5.35. The van der Waals surface area contributed by atoms with Crippen LogP contribution in [0.3, 0.4) is 0 Å². The lowest BCUT2D eigenvalue weighted by atomic mass is 10.1. The monoisotopic (exact) mass is 300 g/mol. The molecule has 0 bridgehead atoms. The van der Waals surface area contributed by atoms with Crippen molar-refractivity contribution < 1.29 is 4.43 Å². The molecule has 0 spiro atoms. The normalized spacial score (nSPS) is 29.4. The molecule has 1 aliphatic rings. The van der Waals surface area contributed by atoms with E-state index < -0.39 is 15.4 Å². The van der Waals surface area contributed by atoms with Gasteiger partial charge in [-0.05, 0) is 33.4 Å². The molecule has 0 aromatic carbocycles. The molecule has 0 radical (unpaired) electrons. The summed E-state index contributed by atoms with van der Waals surface area (Å²) in [5.41, 5.74) is 0.156. The van der Waals surface area contributed by atoms with Crippen molar-refractivity contribution in [3.8, 4) is 0 Å². The first-order chi connectivity index (χ1) is 8.72. The molecular formula is C16H36OSi2. The summed E-state index contributed by atoms with van der Waals surface area (Å²) in [6.45, 7) is 14.5. The van der Waals surface area contributed by atoms with Gasteiger partial charge in [0, 0.05) is 0 Å². The van der Waals surface area contributed by atoms with Crippen LogP contribution in [-0.4, -0.2) is 21.0 Å². The van der Waals surface area contributed by atoms with Gasteiger partial charge in [-0.15, -0.1) is 0 Å². The van der Waals surface area contributed by atoms with E-state index in [0.29, 0.717) is 0 Å². The first-order valence-corrected chi connectivity index (χ1v) is 15.2. The highest BCUT2D eigenvalue weighted by atomic mass is 29.3. The maximum atomic E-state index is 6.57. The molecule has 1 unspecified atom stereocenters. The van der Waals surface area contributed by atoms with Gasteiger partial charge in [-0.2, -0.15) is 0 Å². The number of rotatable bonds is 7. The molecular weight excluding hydrogens is 264 g/mol. The molecule has 1 rings (SSSR count). The van der Waals surface area contributed by atoms with Crippen LogP contribution in [0.1, 0.15) is 65.7 Å². The molecule has 0 aromatic heterocycles. The molecule has 0 saturated carbocycles. The van der Waals surface area contributed by atoms with Gasteiger partial charge in [0.15, 0.2) is 7.83 Å². The zero-order valence-electron chi connectivity index (χ0n) is 14.3. The van der Waals surface area contributed by atoms with E-state index in [-0.39, 0.29) is 5.60 Å². The SMILES string of the molecule is CCCCCCCC[Si]1(C)CCC(C)(C)O[Si]1(C)C. The van der Waals surface area contributed by atoms with E-state index in [0.717, 1.165) is 0 Å². The number of hydrogen-bond acceptors (Lipinski definition) is 1. The Labute approximate surface area is 123 Å². The molecule has 19 heavy (non-hydrogen) atoms. The van der Waals surface area contributed by atoms with Crippen molar-refractivity contribution in [2.75, 3.05) is 0 Å². The van der Waals surface area contributed by atoms with Gasteiger partial charge in [0.25, 0.3) is 0 Å². The minimum absolute atomic E-state index is 0.156. The molecule has 1 fully saturated rings. The number of unbranched alkanes of at least 4 members (excludes halogenated alkanes) is 5. The van der Waals surface area contributed by atoms with Gasteiger partial charge < -0.3 is 4.43 Å². The average molecular weight is 301 g/mol. The molecule has 1 aliphatic heterocycles. The molecule has 114 valence electrons.